The van der Waals surface area contributed by atoms with E-state index in [4.69, 9.17) is 9.15 Å². The Kier molecular flexibility index (Phi) is 4.89. The Hall–Kier alpha value is -2.28. The van der Waals surface area contributed by atoms with Crippen LogP contribution in [-0.2, 0) is 16.4 Å². The van der Waals surface area contributed by atoms with Crippen molar-refractivity contribution in [1.82, 2.24) is 5.32 Å². The van der Waals surface area contributed by atoms with E-state index in [1.54, 1.807) is 12.1 Å². The van der Waals surface area contributed by atoms with Crippen LogP contribution in [0.5, 0.6) is 5.75 Å². The van der Waals surface area contributed by atoms with Gasteiger partial charge < -0.3 is 14.5 Å². The molecule has 1 aliphatic heterocycles. The van der Waals surface area contributed by atoms with E-state index < -0.39 is 9.84 Å². The Morgan fingerprint density at radius 3 is 2.71 bits per heavy atom. The first-order chi connectivity index (χ1) is 11.5. The van der Waals surface area contributed by atoms with Crippen LogP contribution in [0.4, 0.5) is 0 Å². The van der Waals surface area contributed by atoms with Gasteiger partial charge in [0.05, 0.1) is 11.5 Å². The van der Waals surface area contributed by atoms with E-state index in [0.29, 0.717) is 18.7 Å². The molecule has 0 saturated carbocycles. The molecule has 1 aliphatic rings. The van der Waals surface area contributed by atoms with Crippen LogP contribution < -0.4 is 10.1 Å². The number of amides is 1. The fourth-order valence-electron chi connectivity index (χ4n) is 2.61. The summed E-state index contributed by atoms with van der Waals surface area (Å²) < 4.78 is 33.8. The molecule has 24 heavy (non-hydrogen) atoms. The molecule has 1 aromatic heterocycles. The second kappa shape index (κ2) is 7.09. The third kappa shape index (κ3) is 4.38. The van der Waals surface area contributed by atoms with Crippen LogP contribution in [0.2, 0.25) is 0 Å². The average Bonchev–Trinajstić information content (AvgIpc) is 3.18. The van der Waals surface area contributed by atoms with Gasteiger partial charge in [0, 0.05) is 6.54 Å². The molecule has 3 rings (SSSR count). The number of sulfone groups is 1. The molecule has 7 heteroatoms. The van der Waals surface area contributed by atoms with E-state index in [1.807, 2.05) is 30.3 Å². The third-order valence-electron chi connectivity index (χ3n) is 3.89. The highest BCUT2D eigenvalue weighted by molar-refractivity contribution is 7.91. The molecule has 1 atom stereocenters. The molecule has 2 aromatic rings. The van der Waals surface area contributed by atoms with Crippen molar-refractivity contribution in [2.75, 3.05) is 18.1 Å². The fraction of sp³-hybridized carbons (Fsp3) is 0.353. The molecule has 2 heterocycles. The molecule has 0 radical (unpaired) electrons. The first-order valence-electron chi connectivity index (χ1n) is 7.77. The van der Waals surface area contributed by atoms with Crippen molar-refractivity contribution in [3.8, 4) is 5.75 Å². The molecule has 6 nitrogen and oxygen atoms in total. The molecular formula is C17H19NO5S. The maximum absolute atomic E-state index is 12.1. The van der Waals surface area contributed by atoms with Gasteiger partial charge in [0.1, 0.15) is 18.1 Å². The standard InChI is InChI=1S/C17H19NO5S/c19-17(18-10-13-8-9-24(20,21)12-13)16-7-6-15(23-16)11-22-14-4-2-1-3-5-14/h1-7,13H,8-12H2,(H,18,19)/t13-/m1/s1. The first-order valence-corrected chi connectivity index (χ1v) is 9.59. The number of carbonyl (C=O) groups is 1. The molecular weight excluding hydrogens is 330 g/mol. The van der Waals surface area contributed by atoms with E-state index in [-0.39, 0.29) is 35.7 Å². The van der Waals surface area contributed by atoms with Gasteiger partial charge in [-0.05, 0) is 36.6 Å². The van der Waals surface area contributed by atoms with E-state index in [9.17, 15) is 13.2 Å². The Balaban J connectivity index is 1.48. The number of carbonyl (C=O) groups excluding carboxylic acids is 1. The molecule has 1 fully saturated rings. The van der Waals surface area contributed by atoms with Crippen LogP contribution in [0.15, 0.2) is 46.9 Å². The van der Waals surface area contributed by atoms with Crippen molar-refractivity contribution in [2.24, 2.45) is 5.92 Å². The summed E-state index contributed by atoms with van der Waals surface area (Å²) in [4.78, 5) is 12.1. The fourth-order valence-corrected chi connectivity index (χ4v) is 4.47. The summed E-state index contributed by atoms with van der Waals surface area (Å²) in [7, 11) is -2.93. The lowest BCUT2D eigenvalue weighted by Crippen LogP contribution is -2.29. The van der Waals surface area contributed by atoms with Crippen molar-refractivity contribution in [1.29, 1.82) is 0 Å². The van der Waals surface area contributed by atoms with Crippen LogP contribution in [0.3, 0.4) is 0 Å². The first kappa shape index (κ1) is 16.6. The number of ether oxygens (including phenoxy) is 1. The summed E-state index contributed by atoms with van der Waals surface area (Å²) in [5.41, 5.74) is 0. The molecule has 1 amide bonds. The van der Waals surface area contributed by atoms with Gasteiger partial charge in [-0.15, -0.1) is 0 Å². The largest absolute Gasteiger partial charge is 0.486 e. The topological polar surface area (TPSA) is 85.6 Å². The van der Waals surface area contributed by atoms with E-state index in [0.717, 1.165) is 5.75 Å². The summed E-state index contributed by atoms with van der Waals surface area (Å²) in [6.45, 7) is 0.576. The zero-order valence-corrected chi connectivity index (χ0v) is 13.9. The second-order valence-corrected chi connectivity index (χ2v) is 8.08. The molecule has 1 saturated heterocycles. The van der Waals surface area contributed by atoms with Crippen molar-refractivity contribution in [3.63, 3.8) is 0 Å². The lowest BCUT2D eigenvalue weighted by molar-refractivity contribution is 0.0916. The van der Waals surface area contributed by atoms with Gasteiger partial charge in [0.25, 0.3) is 5.91 Å². The Bertz CT molecular complexity index is 797. The van der Waals surface area contributed by atoms with Gasteiger partial charge in [0.2, 0.25) is 0 Å². The van der Waals surface area contributed by atoms with Gasteiger partial charge in [0.15, 0.2) is 15.6 Å². The minimum atomic E-state index is -2.93. The highest BCUT2D eigenvalue weighted by Crippen LogP contribution is 2.18. The normalized spacial score (nSPS) is 19.1. The molecule has 128 valence electrons. The molecule has 0 unspecified atom stereocenters. The molecule has 1 N–H and O–H groups in total. The van der Waals surface area contributed by atoms with Crippen molar-refractivity contribution < 1.29 is 22.4 Å². The number of hydrogen-bond acceptors (Lipinski definition) is 5. The van der Waals surface area contributed by atoms with Crippen molar-refractivity contribution in [2.45, 2.75) is 13.0 Å². The smallest absolute Gasteiger partial charge is 0.287 e. The van der Waals surface area contributed by atoms with E-state index in [1.165, 1.54) is 0 Å². The number of rotatable bonds is 6. The van der Waals surface area contributed by atoms with Crippen molar-refractivity contribution >= 4 is 15.7 Å². The summed E-state index contributed by atoms with van der Waals surface area (Å²) in [5.74, 6) is 1.45. The Labute approximate surface area is 140 Å². The van der Waals surface area contributed by atoms with Gasteiger partial charge in [-0.1, -0.05) is 18.2 Å². The Morgan fingerprint density at radius 1 is 1.21 bits per heavy atom. The average molecular weight is 349 g/mol. The summed E-state index contributed by atoms with van der Waals surface area (Å²) in [6, 6.07) is 12.6. The van der Waals surface area contributed by atoms with Crippen LogP contribution >= 0.6 is 0 Å². The lowest BCUT2D eigenvalue weighted by Gasteiger charge is -2.08. The molecule has 0 aliphatic carbocycles. The van der Waals surface area contributed by atoms with E-state index in [2.05, 4.69) is 5.32 Å². The zero-order chi connectivity index (χ0) is 17.0. The van der Waals surface area contributed by atoms with Crippen LogP contribution in [0.25, 0.3) is 0 Å². The predicted octanol–water partition coefficient (Wildman–Crippen LogP) is 2.02. The summed E-state index contributed by atoms with van der Waals surface area (Å²) in [6.07, 6.45) is 0.594. The molecule has 0 spiro atoms. The zero-order valence-electron chi connectivity index (χ0n) is 13.1. The van der Waals surface area contributed by atoms with Crippen LogP contribution in [0.1, 0.15) is 22.7 Å². The maximum Gasteiger partial charge on any atom is 0.287 e. The number of para-hydroxylation sites is 1. The molecule has 1 aromatic carbocycles. The highest BCUT2D eigenvalue weighted by Gasteiger charge is 2.28. The number of furan rings is 1. The third-order valence-corrected chi connectivity index (χ3v) is 5.72. The lowest BCUT2D eigenvalue weighted by atomic mass is 10.1. The quantitative estimate of drug-likeness (QED) is 0.862. The van der Waals surface area contributed by atoms with Crippen LogP contribution in [-0.4, -0.2) is 32.4 Å². The number of hydrogen-bond donors (Lipinski definition) is 1. The molecule has 0 bridgehead atoms. The van der Waals surface area contributed by atoms with Gasteiger partial charge in [-0.25, -0.2) is 8.42 Å². The van der Waals surface area contributed by atoms with E-state index >= 15 is 0 Å². The maximum atomic E-state index is 12.1. The highest BCUT2D eigenvalue weighted by atomic mass is 32.2. The monoisotopic (exact) mass is 349 g/mol. The SMILES string of the molecule is O=C(NC[C@H]1CCS(=O)(=O)C1)c1ccc(COc2ccccc2)o1. The second-order valence-electron chi connectivity index (χ2n) is 5.85. The minimum absolute atomic E-state index is 0.0187. The predicted molar refractivity (Wildman–Crippen MR) is 88.6 cm³/mol. The number of nitrogens with one attached hydrogen (secondary N) is 1. The van der Waals surface area contributed by atoms with Crippen LogP contribution in [0, 0.1) is 5.92 Å². The summed E-state index contributed by atoms with van der Waals surface area (Å²) >= 11 is 0. The van der Waals surface area contributed by atoms with Gasteiger partial charge in [-0.2, -0.15) is 0 Å². The Morgan fingerprint density at radius 2 is 2.00 bits per heavy atom. The minimum Gasteiger partial charge on any atom is -0.486 e. The van der Waals surface area contributed by atoms with Gasteiger partial charge >= 0.3 is 0 Å². The number of benzene rings is 1. The summed E-state index contributed by atoms with van der Waals surface area (Å²) in [5, 5.41) is 2.73. The van der Waals surface area contributed by atoms with Gasteiger partial charge in [-0.3, -0.25) is 4.79 Å². The van der Waals surface area contributed by atoms with Crippen molar-refractivity contribution in [3.05, 3.63) is 54.0 Å².